The monoisotopic (exact) mass is 323 g/mol. The van der Waals surface area contributed by atoms with Crippen LogP contribution in [0.3, 0.4) is 0 Å². The number of carbonyl (C=O) groups is 1. The average molecular weight is 323 g/mol. The van der Waals surface area contributed by atoms with Crippen LogP contribution in [0.1, 0.15) is 32.1 Å². The Kier molecular flexibility index (Phi) is 4.23. The molecule has 1 aliphatic heterocycles. The summed E-state index contributed by atoms with van der Waals surface area (Å²) in [5.74, 6) is -0.190. The highest BCUT2D eigenvalue weighted by Crippen LogP contribution is 2.42. The quantitative estimate of drug-likeness (QED) is 0.800. The average Bonchev–Trinajstić information content (AvgIpc) is 2.95. The lowest BCUT2D eigenvalue weighted by Crippen LogP contribution is -2.46. The molecule has 0 unspecified atom stereocenters. The second kappa shape index (κ2) is 6.01. The lowest BCUT2D eigenvalue weighted by Gasteiger charge is -2.32. The molecule has 0 amide bonds. The molecular weight excluding hydrogens is 302 g/mol. The summed E-state index contributed by atoms with van der Waals surface area (Å²) in [6.45, 7) is 0. The summed E-state index contributed by atoms with van der Waals surface area (Å²) in [5.41, 5.74) is 0. The van der Waals surface area contributed by atoms with Crippen LogP contribution >= 0.6 is 0 Å². The van der Waals surface area contributed by atoms with Gasteiger partial charge in [-0.15, -0.1) is 0 Å². The van der Waals surface area contributed by atoms with E-state index in [0.717, 1.165) is 25.7 Å². The third kappa shape index (κ3) is 2.54. The Labute approximate surface area is 131 Å². The second-order valence-electron chi connectivity index (χ2n) is 6.03. The predicted molar refractivity (Wildman–Crippen MR) is 81.6 cm³/mol. The van der Waals surface area contributed by atoms with Gasteiger partial charge < -0.3 is 4.74 Å². The fourth-order valence-electron chi connectivity index (χ4n) is 3.82. The number of fused-ring (bicyclic) bond motifs is 1. The molecule has 1 saturated carbocycles. The number of sulfonamides is 1. The van der Waals surface area contributed by atoms with Gasteiger partial charge in [-0.1, -0.05) is 31.0 Å². The zero-order chi connectivity index (χ0) is 15.7. The summed E-state index contributed by atoms with van der Waals surface area (Å²) in [6.07, 6.45) is 4.50. The van der Waals surface area contributed by atoms with E-state index in [0.29, 0.717) is 6.42 Å². The van der Waals surface area contributed by atoms with Gasteiger partial charge in [0.2, 0.25) is 10.0 Å². The zero-order valence-electron chi connectivity index (χ0n) is 12.6. The third-order valence-corrected chi connectivity index (χ3v) is 6.77. The largest absolute Gasteiger partial charge is 0.468 e. The van der Waals surface area contributed by atoms with Gasteiger partial charge in [0, 0.05) is 6.04 Å². The highest BCUT2D eigenvalue weighted by molar-refractivity contribution is 7.89. The van der Waals surface area contributed by atoms with E-state index < -0.39 is 22.0 Å². The highest BCUT2D eigenvalue weighted by Gasteiger charge is 2.51. The maximum absolute atomic E-state index is 13.0. The predicted octanol–water partition coefficient (Wildman–Crippen LogP) is 2.18. The van der Waals surface area contributed by atoms with Crippen LogP contribution in [0.4, 0.5) is 0 Å². The summed E-state index contributed by atoms with van der Waals surface area (Å²) in [4.78, 5) is 12.4. The highest BCUT2D eigenvalue weighted by atomic mass is 32.2. The van der Waals surface area contributed by atoms with Crippen molar-refractivity contribution in [2.75, 3.05) is 7.11 Å². The first-order valence-corrected chi connectivity index (χ1v) is 9.16. The number of nitrogens with zero attached hydrogens (tertiary/aromatic N) is 1. The fraction of sp³-hybridized carbons (Fsp3) is 0.562. The van der Waals surface area contributed by atoms with Gasteiger partial charge in [-0.3, -0.25) is 4.79 Å². The summed E-state index contributed by atoms with van der Waals surface area (Å²) in [7, 11) is -2.36. The SMILES string of the molecule is COC(=O)[C@@H]1C[C@H]2CCCC[C@@H]2N1S(=O)(=O)c1ccccc1. The molecule has 0 spiro atoms. The van der Waals surface area contributed by atoms with Gasteiger partial charge in [0.1, 0.15) is 6.04 Å². The molecule has 2 fully saturated rings. The van der Waals surface area contributed by atoms with Crippen LogP contribution < -0.4 is 0 Å². The minimum atomic E-state index is -3.68. The first-order chi connectivity index (χ1) is 10.6. The molecule has 120 valence electrons. The van der Waals surface area contributed by atoms with Crippen molar-refractivity contribution in [3.63, 3.8) is 0 Å². The van der Waals surface area contributed by atoms with Crippen molar-refractivity contribution >= 4 is 16.0 Å². The van der Waals surface area contributed by atoms with E-state index in [4.69, 9.17) is 4.74 Å². The number of benzene rings is 1. The van der Waals surface area contributed by atoms with Gasteiger partial charge in [-0.25, -0.2) is 8.42 Å². The molecule has 6 heteroatoms. The summed E-state index contributed by atoms with van der Waals surface area (Å²) in [6, 6.07) is 7.58. The Balaban J connectivity index is 2.02. The van der Waals surface area contributed by atoms with Gasteiger partial charge >= 0.3 is 5.97 Å². The van der Waals surface area contributed by atoms with E-state index in [-0.39, 0.29) is 16.9 Å². The molecule has 5 nitrogen and oxygen atoms in total. The van der Waals surface area contributed by atoms with Crippen LogP contribution in [-0.2, 0) is 19.6 Å². The summed E-state index contributed by atoms with van der Waals surface area (Å²) >= 11 is 0. The molecule has 1 aromatic carbocycles. The summed E-state index contributed by atoms with van der Waals surface area (Å²) in [5, 5.41) is 0. The van der Waals surface area contributed by atoms with Crippen LogP contribution in [0, 0.1) is 5.92 Å². The molecule has 22 heavy (non-hydrogen) atoms. The molecule has 0 radical (unpaired) electrons. The molecule has 1 aromatic rings. The lowest BCUT2D eigenvalue weighted by atomic mass is 9.85. The van der Waals surface area contributed by atoms with E-state index in [9.17, 15) is 13.2 Å². The Hall–Kier alpha value is -1.40. The minimum Gasteiger partial charge on any atom is -0.468 e. The number of carbonyl (C=O) groups excluding carboxylic acids is 1. The van der Waals surface area contributed by atoms with E-state index in [2.05, 4.69) is 0 Å². The molecule has 0 aromatic heterocycles. The maximum atomic E-state index is 13.0. The Bertz CT molecular complexity index is 643. The molecule has 2 aliphatic rings. The van der Waals surface area contributed by atoms with E-state index >= 15 is 0 Å². The van der Waals surface area contributed by atoms with Crippen molar-refractivity contribution in [3.8, 4) is 0 Å². The van der Waals surface area contributed by atoms with Gasteiger partial charge in [-0.2, -0.15) is 4.31 Å². The second-order valence-corrected chi connectivity index (χ2v) is 7.88. The van der Waals surface area contributed by atoms with Gasteiger partial charge in [0.15, 0.2) is 0 Å². The third-order valence-electron chi connectivity index (χ3n) is 4.82. The Morgan fingerprint density at radius 3 is 2.55 bits per heavy atom. The van der Waals surface area contributed by atoms with Crippen LogP contribution in [0.5, 0.6) is 0 Å². The topological polar surface area (TPSA) is 63.7 Å². The van der Waals surface area contributed by atoms with Gasteiger partial charge in [0.05, 0.1) is 12.0 Å². The number of ether oxygens (including phenoxy) is 1. The van der Waals surface area contributed by atoms with Crippen molar-refractivity contribution in [1.29, 1.82) is 0 Å². The number of rotatable bonds is 3. The maximum Gasteiger partial charge on any atom is 0.324 e. The van der Waals surface area contributed by atoms with Crippen molar-refractivity contribution in [2.24, 2.45) is 5.92 Å². The van der Waals surface area contributed by atoms with Crippen molar-refractivity contribution < 1.29 is 17.9 Å². The van der Waals surface area contributed by atoms with Crippen LogP contribution in [-0.4, -0.2) is 37.9 Å². The molecule has 3 rings (SSSR count). The Morgan fingerprint density at radius 1 is 1.18 bits per heavy atom. The molecular formula is C16H21NO4S. The van der Waals surface area contributed by atoms with E-state index in [1.807, 2.05) is 0 Å². The van der Waals surface area contributed by atoms with E-state index in [1.165, 1.54) is 11.4 Å². The van der Waals surface area contributed by atoms with Gasteiger partial charge in [-0.05, 0) is 37.3 Å². The molecule has 1 aliphatic carbocycles. The van der Waals surface area contributed by atoms with Crippen LogP contribution in [0.2, 0.25) is 0 Å². The fourth-order valence-corrected chi connectivity index (χ4v) is 5.70. The first kappa shape index (κ1) is 15.5. The number of hydrogen-bond donors (Lipinski definition) is 0. The zero-order valence-corrected chi connectivity index (χ0v) is 13.5. The number of hydrogen-bond acceptors (Lipinski definition) is 4. The normalized spacial score (nSPS) is 29.0. The molecule has 3 atom stereocenters. The molecule has 1 saturated heterocycles. The van der Waals surface area contributed by atoms with Gasteiger partial charge in [0.25, 0.3) is 0 Å². The standard InChI is InChI=1S/C16H21NO4S/c1-21-16(18)15-11-12-7-5-6-10-14(12)17(15)22(19,20)13-8-3-2-4-9-13/h2-4,8-9,12,14-15H,5-7,10-11H2,1H3/t12-,14+,15+/m1/s1. The number of methoxy groups -OCH3 is 1. The van der Waals surface area contributed by atoms with E-state index in [1.54, 1.807) is 30.3 Å². The van der Waals surface area contributed by atoms with Crippen molar-refractivity contribution in [2.45, 2.75) is 49.1 Å². The Morgan fingerprint density at radius 2 is 1.86 bits per heavy atom. The molecule has 0 N–H and O–H groups in total. The lowest BCUT2D eigenvalue weighted by molar-refractivity contribution is -0.144. The van der Waals surface area contributed by atoms with Crippen molar-refractivity contribution in [3.05, 3.63) is 30.3 Å². The summed E-state index contributed by atoms with van der Waals surface area (Å²) < 4.78 is 32.4. The molecule has 0 bridgehead atoms. The molecule has 1 heterocycles. The number of esters is 1. The van der Waals surface area contributed by atoms with Crippen LogP contribution in [0.15, 0.2) is 35.2 Å². The van der Waals surface area contributed by atoms with Crippen LogP contribution in [0.25, 0.3) is 0 Å². The van der Waals surface area contributed by atoms with Crippen molar-refractivity contribution in [1.82, 2.24) is 4.31 Å². The minimum absolute atomic E-state index is 0.0805. The first-order valence-electron chi connectivity index (χ1n) is 7.72. The smallest absolute Gasteiger partial charge is 0.324 e.